The van der Waals surface area contributed by atoms with Gasteiger partial charge in [-0.15, -0.1) is 0 Å². The highest BCUT2D eigenvalue weighted by atomic mass is 32.2. The standard InChI is InChI=1S/C21H29N5O4S/c1-18-22-20(17-21(23-18)25-11-13-29-14-12-25)24-7-9-26(10-8-24)31(27,28)16-15-30-19-5-3-2-4-6-19/h2-6,17H,7-16H2,1H3. The number of rotatable bonds is 7. The normalized spacial score (nSPS) is 18.2. The van der Waals surface area contributed by atoms with Gasteiger partial charge in [0.2, 0.25) is 10.0 Å². The quantitative estimate of drug-likeness (QED) is 0.625. The molecule has 0 saturated carbocycles. The van der Waals surface area contributed by atoms with Crippen LogP contribution in [0.25, 0.3) is 0 Å². The number of anilines is 2. The monoisotopic (exact) mass is 447 g/mol. The molecule has 1 aromatic carbocycles. The van der Waals surface area contributed by atoms with Gasteiger partial charge in [0.1, 0.15) is 29.8 Å². The number of nitrogens with zero attached hydrogens (tertiary/aromatic N) is 5. The first-order chi connectivity index (χ1) is 15.0. The molecule has 168 valence electrons. The minimum Gasteiger partial charge on any atom is -0.492 e. The summed E-state index contributed by atoms with van der Waals surface area (Å²) in [6, 6.07) is 11.3. The Balaban J connectivity index is 1.33. The van der Waals surface area contributed by atoms with Crippen LogP contribution in [-0.4, -0.2) is 87.5 Å². The maximum atomic E-state index is 12.7. The van der Waals surface area contributed by atoms with Crippen molar-refractivity contribution in [1.29, 1.82) is 0 Å². The van der Waals surface area contributed by atoms with E-state index < -0.39 is 10.0 Å². The summed E-state index contributed by atoms with van der Waals surface area (Å²) in [6.07, 6.45) is 0. The molecule has 1 aromatic heterocycles. The van der Waals surface area contributed by atoms with E-state index in [1.165, 1.54) is 0 Å². The minimum atomic E-state index is -3.37. The van der Waals surface area contributed by atoms with Gasteiger partial charge in [0.05, 0.1) is 19.0 Å². The van der Waals surface area contributed by atoms with Crippen LogP contribution in [0.1, 0.15) is 5.82 Å². The molecule has 3 heterocycles. The highest BCUT2D eigenvalue weighted by molar-refractivity contribution is 7.89. The molecule has 0 bridgehead atoms. The molecule has 0 spiro atoms. The summed E-state index contributed by atoms with van der Waals surface area (Å²) >= 11 is 0. The third-order valence-electron chi connectivity index (χ3n) is 5.46. The molecule has 2 aromatic rings. The van der Waals surface area contributed by atoms with Crippen molar-refractivity contribution >= 4 is 21.7 Å². The second-order valence-corrected chi connectivity index (χ2v) is 9.68. The minimum absolute atomic E-state index is 0.0321. The highest BCUT2D eigenvalue weighted by Crippen LogP contribution is 2.22. The Morgan fingerprint density at radius 2 is 1.55 bits per heavy atom. The lowest BCUT2D eigenvalue weighted by molar-refractivity contribution is 0.122. The molecule has 0 amide bonds. The molecule has 2 aliphatic rings. The molecule has 2 saturated heterocycles. The third-order valence-corrected chi connectivity index (χ3v) is 7.29. The highest BCUT2D eigenvalue weighted by Gasteiger charge is 2.28. The fourth-order valence-corrected chi connectivity index (χ4v) is 5.03. The van der Waals surface area contributed by atoms with Gasteiger partial charge in [0, 0.05) is 45.3 Å². The zero-order chi connectivity index (χ0) is 21.7. The van der Waals surface area contributed by atoms with Crippen molar-refractivity contribution in [2.45, 2.75) is 6.92 Å². The maximum Gasteiger partial charge on any atom is 0.217 e. The molecule has 0 aliphatic carbocycles. The van der Waals surface area contributed by atoms with Crippen LogP contribution in [0, 0.1) is 6.92 Å². The first kappa shape index (κ1) is 21.8. The fraction of sp³-hybridized carbons (Fsp3) is 0.524. The molecule has 0 radical (unpaired) electrons. The van der Waals surface area contributed by atoms with Crippen molar-refractivity contribution in [3.05, 3.63) is 42.2 Å². The molecule has 0 unspecified atom stereocenters. The van der Waals surface area contributed by atoms with E-state index in [1.54, 1.807) is 4.31 Å². The van der Waals surface area contributed by atoms with Crippen molar-refractivity contribution < 1.29 is 17.9 Å². The summed E-state index contributed by atoms with van der Waals surface area (Å²) < 4.78 is 38.0. The summed E-state index contributed by atoms with van der Waals surface area (Å²) in [4.78, 5) is 13.5. The van der Waals surface area contributed by atoms with Gasteiger partial charge in [-0.25, -0.2) is 18.4 Å². The number of hydrogen-bond donors (Lipinski definition) is 0. The Kier molecular flexibility index (Phi) is 6.89. The lowest BCUT2D eigenvalue weighted by atomic mass is 10.3. The number of aryl methyl sites for hydroxylation is 1. The Morgan fingerprint density at radius 3 is 2.19 bits per heavy atom. The van der Waals surface area contributed by atoms with E-state index in [0.717, 1.165) is 24.7 Å². The van der Waals surface area contributed by atoms with Crippen LogP contribution < -0.4 is 14.5 Å². The first-order valence-electron chi connectivity index (χ1n) is 10.6. The van der Waals surface area contributed by atoms with Crippen LogP contribution >= 0.6 is 0 Å². The number of sulfonamides is 1. The summed E-state index contributed by atoms with van der Waals surface area (Å²) in [5, 5.41) is 0. The summed E-state index contributed by atoms with van der Waals surface area (Å²) in [7, 11) is -3.37. The van der Waals surface area contributed by atoms with Gasteiger partial charge >= 0.3 is 0 Å². The van der Waals surface area contributed by atoms with E-state index in [-0.39, 0.29) is 12.4 Å². The van der Waals surface area contributed by atoms with Crippen LogP contribution in [0.2, 0.25) is 0 Å². The number of aromatic nitrogens is 2. The molecule has 10 heteroatoms. The number of piperazine rings is 1. The van der Waals surface area contributed by atoms with Crippen molar-refractivity contribution in [2.75, 3.05) is 74.6 Å². The van der Waals surface area contributed by atoms with Gasteiger partial charge in [-0.3, -0.25) is 0 Å². The Hall–Kier alpha value is -2.43. The van der Waals surface area contributed by atoms with Crippen LogP contribution in [0.5, 0.6) is 5.75 Å². The first-order valence-corrected chi connectivity index (χ1v) is 12.2. The van der Waals surface area contributed by atoms with Gasteiger partial charge in [-0.05, 0) is 19.1 Å². The zero-order valence-electron chi connectivity index (χ0n) is 17.8. The van der Waals surface area contributed by atoms with Gasteiger partial charge in [-0.1, -0.05) is 18.2 Å². The molecule has 4 rings (SSSR count). The van der Waals surface area contributed by atoms with E-state index in [9.17, 15) is 8.42 Å². The van der Waals surface area contributed by atoms with Crippen LogP contribution in [-0.2, 0) is 14.8 Å². The van der Waals surface area contributed by atoms with Crippen molar-refractivity contribution in [2.24, 2.45) is 0 Å². The molecular formula is C21H29N5O4S. The number of para-hydroxylation sites is 1. The van der Waals surface area contributed by atoms with Gasteiger partial charge < -0.3 is 19.3 Å². The Bertz CT molecular complexity index is 959. The smallest absolute Gasteiger partial charge is 0.217 e. The Labute approximate surface area is 183 Å². The third kappa shape index (κ3) is 5.63. The van der Waals surface area contributed by atoms with Gasteiger partial charge in [-0.2, -0.15) is 4.31 Å². The second kappa shape index (κ2) is 9.80. The van der Waals surface area contributed by atoms with E-state index >= 15 is 0 Å². The van der Waals surface area contributed by atoms with E-state index in [4.69, 9.17) is 9.47 Å². The number of morpholine rings is 1. The lowest BCUT2D eigenvalue weighted by Gasteiger charge is -2.35. The molecule has 9 nitrogen and oxygen atoms in total. The van der Waals surface area contributed by atoms with Crippen LogP contribution in [0.15, 0.2) is 36.4 Å². The van der Waals surface area contributed by atoms with Crippen molar-refractivity contribution in [3.63, 3.8) is 0 Å². The average Bonchev–Trinajstić information content (AvgIpc) is 2.80. The summed E-state index contributed by atoms with van der Waals surface area (Å²) in [5.41, 5.74) is 0. The second-order valence-electron chi connectivity index (χ2n) is 7.59. The fourth-order valence-electron chi connectivity index (χ4n) is 3.76. The molecule has 31 heavy (non-hydrogen) atoms. The average molecular weight is 448 g/mol. The summed E-state index contributed by atoms with van der Waals surface area (Å²) in [6.45, 7) is 7.11. The number of hydrogen-bond acceptors (Lipinski definition) is 8. The van der Waals surface area contributed by atoms with E-state index in [2.05, 4.69) is 19.8 Å². The van der Waals surface area contributed by atoms with Crippen molar-refractivity contribution in [3.8, 4) is 5.75 Å². The van der Waals surface area contributed by atoms with E-state index in [0.29, 0.717) is 51.0 Å². The van der Waals surface area contributed by atoms with Crippen LogP contribution in [0.4, 0.5) is 11.6 Å². The van der Waals surface area contributed by atoms with Crippen LogP contribution in [0.3, 0.4) is 0 Å². The Morgan fingerprint density at radius 1 is 0.935 bits per heavy atom. The lowest BCUT2D eigenvalue weighted by Crippen LogP contribution is -2.50. The SMILES string of the molecule is Cc1nc(N2CCOCC2)cc(N2CCN(S(=O)(=O)CCOc3ccccc3)CC2)n1. The molecule has 2 aliphatic heterocycles. The van der Waals surface area contributed by atoms with Gasteiger partial charge in [0.25, 0.3) is 0 Å². The maximum absolute atomic E-state index is 12.7. The number of ether oxygens (including phenoxy) is 2. The number of benzene rings is 1. The molecule has 0 atom stereocenters. The predicted molar refractivity (Wildman–Crippen MR) is 119 cm³/mol. The van der Waals surface area contributed by atoms with Crippen molar-refractivity contribution in [1.82, 2.24) is 14.3 Å². The van der Waals surface area contributed by atoms with E-state index in [1.807, 2.05) is 43.3 Å². The van der Waals surface area contributed by atoms with Gasteiger partial charge in [0.15, 0.2) is 0 Å². The largest absolute Gasteiger partial charge is 0.492 e. The molecule has 2 fully saturated rings. The molecule has 0 N–H and O–H groups in total. The zero-order valence-corrected chi connectivity index (χ0v) is 18.6. The summed E-state index contributed by atoms with van der Waals surface area (Å²) in [5.74, 6) is 3.11. The topological polar surface area (TPSA) is 88.1 Å². The molecular weight excluding hydrogens is 418 g/mol. The predicted octanol–water partition coefficient (Wildman–Crippen LogP) is 1.15.